The van der Waals surface area contributed by atoms with E-state index < -0.39 is 6.03 Å². The molecule has 10 nitrogen and oxygen atoms in total. The molecule has 2 aromatic carbocycles. The number of benzene rings is 2. The van der Waals surface area contributed by atoms with E-state index in [0.29, 0.717) is 41.1 Å². The summed E-state index contributed by atoms with van der Waals surface area (Å²) >= 11 is 6.07. The Labute approximate surface area is 230 Å². The summed E-state index contributed by atoms with van der Waals surface area (Å²) in [6.07, 6.45) is 3.75. The second-order valence-corrected chi connectivity index (χ2v) is 9.33. The third-order valence-electron chi connectivity index (χ3n) is 6.13. The Morgan fingerprint density at radius 3 is 2.59 bits per heavy atom. The molecule has 0 spiro atoms. The molecule has 4 rings (SSSR count). The highest BCUT2D eigenvalue weighted by atomic mass is 35.5. The van der Waals surface area contributed by atoms with Crippen LogP contribution in [0.15, 0.2) is 67.0 Å². The summed E-state index contributed by atoms with van der Waals surface area (Å²) in [7, 11) is 3.17. The number of amides is 4. The summed E-state index contributed by atoms with van der Waals surface area (Å²) in [5.41, 5.74) is 2.95. The standard InChI is InChI=1S/C28H29ClN6O4/c1-18(36)34(2)13-11-27(37)33-26-15-19(9-12-30-26)17-35-14-10-21-22(5-4-6-24(21)35)31-28(38)32-23-16-20(29)7-8-25(23)39-3/h4-10,12,14-16H,11,13,17H2,1-3H3,(H,30,33,37)(H2,31,32,38). The first-order valence-electron chi connectivity index (χ1n) is 12.2. The lowest BCUT2D eigenvalue weighted by Crippen LogP contribution is -2.28. The van der Waals surface area contributed by atoms with E-state index in [1.165, 1.54) is 18.9 Å². The van der Waals surface area contributed by atoms with Crippen LogP contribution >= 0.6 is 11.6 Å². The van der Waals surface area contributed by atoms with Crippen molar-refractivity contribution in [2.75, 3.05) is 36.7 Å². The molecule has 0 atom stereocenters. The van der Waals surface area contributed by atoms with E-state index in [1.54, 1.807) is 31.4 Å². The number of hydrogen-bond donors (Lipinski definition) is 3. The number of anilines is 3. The van der Waals surface area contributed by atoms with Crippen molar-refractivity contribution in [3.63, 3.8) is 0 Å². The van der Waals surface area contributed by atoms with Gasteiger partial charge in [0.15, 0.2) is 0 Å². The van der Waals surface area contributed by atoms with Crippen molar-refractivity contribution in [1.82, 2.24) is 14.5 Å². The molecular formula is C28H29ClN6O4. The Hall–Kier alpha value is -4.57. The van der Waals surface area contributed by atoms with Gasteiger partial charge in [-0.1, -0.05) is 17.7 Å². The number of rotatable bonds is 9. The maximum atomic E-state index is 12.8. The Morgan fingerprint density at radius 2 is 1.82 bits per heavy atom. The quantitative estimate of drug-likeness (QED) is 0.266. The number of pyridine rings is 1. The second-order valence-electron chi connectivity index (χ2n) is 8.89. The van der Waals surface area contributed by atoms with Crippen molar-refractivity contribution in [1.29, 1.82) is 0 Å². The smallest absolute Gasteiger partial charge is 0.323 e. The molecule has 4 aromatic rings. The zero-order chi connectivity index (χ0) is 27.9. The number of halogens is 1. The van der Waals surface area contributed by atoms with Gasteiger partial charge in [-0.15, -0.1) is 0 Å². The zero-order valence-corrected chi connectivity index (χ0v) is 22.6. The largest absolute Gasteiger partial charge is 0.495 e. The molecule has 202 valence electrons. The molecule has 2 aromatic heterocycles. The summed E-state index contributed by atoms with van der Waals surface area (Å²) in [5, 5.41) is 9.80. The van der Waals surface area contributed by atoms with Crippen molar-refractivity contribution in [3.8, 4) is 5.75 Å². The van der Waals surface area contributed by atoms with E-state index in [1.807, 2.05) is 47.2 Å². The molecule has 0 unspecified atom stereocenters. The summed E-state index contributed by atoms with van der Waals surface area (Å²) < 4.78 is 7.34. The van der Waals surface area contributed by atoms with E-state index in [2.05, 4.69) is 20.9 Å². The van der Waals surface area contributed by atoms with E-state index in [-0.39, 0.29) is 18.2 Å². The maximum absolute atomic E-state index is 12.8. The van der Waals surface area contributed by atoms with Gasteiger partial charge in [0, 0.05) is 56.3 Å². The number of aromatic nitrogens is 2. The maximum Gasteiger partial charge on any atom is 0.323 e. The van der Waals surface area contributed by atoms with E-state index >= 15 is 0 Å². The fourth-order valence-corrected chi connectivity index (χ4v) is 4.17. The zero-order valence-electron chi connectivity index (χ0n) is 21.8. The highest BCUT2D eigenvalue weighted by Crippen LogP contribution is 2.29. The molecule has 0 aliphatic carbocycles. The lowest BCUT2D eigenvalue weighted by atomic mass is 10.2. The van der Waals surface area contributed by atoms with Gasteiger partial charge in [0.1, 0.15) is 11.6 Å². The monoisotopic (exact) mass is 548 g/mol. The molecule has 0 bridgehead atoms. The molecule has 3 N–H and O–H groups in total. The minimum atomic E-state index is -0.431. The van der Waals surface area contributed by atoms with Crippen molar-refractivity contribution in [2.45, 2.75) is 19.9 Å². The summed E-state index contributed by atoms with van der Waals surface area (Å²) in [4.78, 5) is 42.1. The number of methoxy groups -OCH3 is 1. The lowest BCUT2D eigenvalue weighted by Gasteiger charge is -2.14. The van der Waals surface area contributed by atoms with Crippen LogP contribution in [0.3, 0.4) is 0 Å². The van der Waals surface area contributed by atoms with Crippen LogP contribution < -0.4 is 20.7 Å². The average molecular weight is 549 g/mol. The fourth-order valence-electron chi connectivity index (χ4n) is 3.99. The minimum Gasteiger partial charge on any atom is -0.495 e. The van der Waals surface area contributed by atoms with Gasteiger partial charge in [-0.2, -0.15) is 0 Å². The third-order valence-corrected chi connectivity index (χ3v) is 6.36. The van der Waals surface area contributed by atoms with Gasteiger partial charge >= 0.3 is 6.03 Å². The first-order chi connectivity index (χ1) is 18.7. The molecule has 0 radical (unpaired) electrons. The SMILES string of the molecule is COc1ccc(Cl)cc1NC(=O)Nc1cccc2c1ccn2Cc1ccnc(NC(=O)CCN(C)C(C)=O)c1. The molecule has 4 amide bonds. The second kappa shape index (κ2) is 12.3. The molecule has 0 aliphatic rings. The van der Waals surface area contributed by atoms with Gasteiger partial charge in [0.05, 0.1) is 24.0 Å². The fraction of sp³-hybridized carbons (Fsp3) is 0.214. The van der Waals surface area contributed by atoms with Gasteiger partial charge in [-0.05, 0) is 54.1 Å². The van der Waals surface area contributed by atoms with Gasteiger partial charge in [0.2, 0.25) is 11.8 Å². The number of ether oxygens (including phenoxy) is 1. The highest BCUT2D eigenvalue weighted by Gasteiger charge is 2.13. The average Bonchev–Trinajstić information content (AvgIpc) is 3.31. The number of nitrogens with zero attached hydrogens (tertiary/aromatic N) is 3. The molecule has 2 heterocycles. The van der Waals surface area contributed by atoms with Crippen LogP contribution in [-0.4, -0.2) is 53.0 Å². The number of urea groups is 1. The van der Waals surface area contributed by atoms with Crippen LogP contribution in [0.2, 0.25) is 5.02 Å². The molecular weight excluding hydrogens is 520 g/mol. The van der Waals surface area contributed by atoms with Gasteiger partial charge in [-0.25, -0.2) is 9.78 Å². The molecule has 0 saturated heterocycles. The Kier molecular flexibility index (Phi) is 8.67. The molecule has 39 heavy (non-hydrogen) atoms. The summed E-state index contributed by atoms with van der Waals surface area (Å²) in [6, 6.07) is 15.8. The first-order valence-corrected chi connectivity index (χ1v) is 12.6. The van der Waals surface area contributed by atoms with Crippen molar-refractivity contribution in [2.24, 2.45) is 0 Å². The number of fused-ring (bicyclic) bond motifs is 1. The number of carbonyl (C=O) groups excluding carboxylic acids is 3. The van der Waals surface area contributed by atoms with Crippen LogP contribution in [0.25, 0.3) is 10.9 Å². The molecule has 0 saturated carbocycles. The number of carbonyl (C=O) groups is 3. The molecule has 11 heteroatoms. The van der Waals surface area contributed by atoms with Crippen LogP contribution in [0.5, 0.6) is 5.75 Å². The highest BCUT2D eigenvalue weighted by molar-refractivity contribution is 6.31. The van der Waals surface area contributed by atoms with Crippen molar-refractivity contribution in [3.05, 3.63) is 77.6 Å². The van der Waals surface area contributed by atoms with Gasteiger partial charge in [-0.3, -0.25) is 9.59 Å². The Morgan fingerprint density at radius 1 is 1.03 bits per heavy atom. The van der Waals surface area contributed by atoms with E-state index in [0.717, 1.165) is 16.5 Å². The number of nitrogens with one attached hydrogen (secondary N) is 3. The topological polar surface area (TPSA) is 118 Å². The molecule has 0 aliphatic heterocycles. The third kappa shape index (κ3) is 7.05. The predicted molar refractivity (Wildman–Crippen MR) is 152 cm³/mol. The van der Waals surface area contributed by atoms with Crippen LogP contribution in [-0.2, 0) is 16.1 Å². The van der Waals surface area contributed by atoms with Crippen molar-refractivity contribution >= 4 is 57.5 Å². The Bertz CT molecular complexity index is 1520. The van der Waals surface area contributed by atoms with Crippen LogP contribution in [0, 0.1) is 0 Å². The van der Waals surface area contributed by atoms with E-state index in [9.17, 15) is 14.4 Å². The summed E-state index contributed by atoms with van der Waals surface area (Å²) in [6.45, 7) is 2.31. The normalized spacial score (nSPS) is 10.7. The van der Waals surface area contributed by atoms with Gasteiger partial charge < -0.3 is 30.2 Å². The number of hydrogen-bond acceptors (Lipinski definition) is 5. The molecule has 0 fully saturated rings. The predicted octanol–water partition coefficient (Wildman–Crippen LogP) is 5.20. The van der Waals surface area contributed by atoms with E-state index in [4.69, 9.17) is 16.3 Å². The lowest BCUT2D eigenvalue weighted by molar-refractivity contribution is -0.128. The first kappa shape index (κ1) is 27.5. The summed E-state index contributed by atoms with van der Waals surface area (Å²) in [5.74, 6) is 0.621. The van der Waals surface area contributed by atoms with Crippen LogP contribution in [0.4, 0.5) is 22.0 Å². The Balaban J connectivity index is 1.44. The minimum absolute atomic E-state index is 0.0952. The van der Waals surface area contributed by atoms with Crippen molar-refractivity contribution < 1.29 is 19.1 Å². The van der Waals surface area contributed by atoms with Crippen LogP contribution in [0.1, 0.15) is 18.9 Å². The van der Waals surface area contributed by atoms with Gasteiger partial charge in [0.25, 0.3) is 0 Å².